The van der Waals surface area contributed by atoms with Gasteiger partial charge < -0.3 is 39.8 Å². The molecule has 9 nitrogen and oxygen atoms in total. The summed E-state index contributed by atoms with van der Waals surface area (Å²) in [5, 5.41) is 27.9. The van der Waals surface area contributed by atoms with Crippen molar-refractivity contribution < 1.29 is 34.0 Å². The molecular formula is C33H38N2O7S2. The Balaban J connectivity index is 1.51. The summed E-state index contributed by atoms with van der Waals surface area (Å²) in [5.74, 6) is 3.07. The second-order valence-electron chi connectivity index (χ2n) is 11.4. The van der Waals surface area contributed by atoms with Gasteiger partial charge in [-0.15, -0.1) is 0 Å². The second kappa shape index (κ2) is 13.0. The van der Waals surface area contributed by atoms with E-state index in [2.05, 4.69) is 22.8 Å². The van der Waals surface area contributed by atoms with Crippen LogP contribution in [0.1, 0.15) is 52.7 Å². The summed E-state index contributed by atoms with van der Waals surface area (Å²) in [6, 6.07) is 11.4. The van der Waals surface area contributed by atoms with Crippen molar-refractivity contribution in [2.45, 2.75) is 43.1 Å². The molecule has 0 saturated carbocycles. The molecule has 3 atom stereocenters. The van der Waals surface area contributed by atoms with Crippen LogP contribution < -0.4 is 24.8 Å². The smallest absolute Gasteiger partial charge is 0.302 e. The highest BCUT2D eigenvalue weighted by Crippen LogP contribution is 2.58. The van der Waals surface area contributed by atoms with E-state index in [9.17, 15) is 15.0 Å². The molecule has 234 valence electrons. The van der Waals surface area contributed by atoms with Crippen molar-refractivity contribution >= 4 is 27.6 Å². The molecule has 44 heavy (non-hydrogen) atoms. The predicted octanol–water partition coefficient (Wildman–Crippen LogP) is 5.27. The number of phenolic OH excluding ortho intramolecular Hbond substituents is 2. The van der Waals surface area contributed by atoms with Gasteiger partial charge in [-0.3, -0.25) is 4.79 Å². The fourth-order valence-corrected chi connectivity index (χ4v) is 9.05. The zero-order valence-electron chi connectivity index (χ0n) is 25.3. The average Bonchev–Trinajstić information content (AvgIpc) is 3.35. The Bertz CT molecular complexity index is 1560. The molecule has 3 aliphatic rings. The van der Waals surface area contributed by atoms with Crippen LogP contribution >= 0.6 is 21.6 Å². The molecule has 3 aromatic rings. The van der Waals surface area contributed by atoms with Gasteiger partial charge in [0, 0.05) is 65.8 Å². The molecule has 2 aliphatic heterocycles. The summed E-state index contributed by atoms with van der Waals surface area (Å²) in [6.07, 6.45) is 0.0554. The SMILES string of the molecule is CNCC(CNC)Oc1cc2c(cc1O)CSSCC1Cc3cc(O)cc(OC)c3-c3ccc4c(c31)OC2C4COC(C)=O. The highest BCUT2D eigenvalue weighted by Gasteiger charge is 2.43. The third kappa shape index (κ3) is 5.78. The zero-order chi connectivity index (χ0) is 31.0. The van der Waals surface area contributed by atoms with Crippen molar-refractivity contribution in [1.82, 2.24) is 10.6 Å². The highest BCUT2D eigenvalue weighted by atomic mass is 33.1. The molecule has 0 saturated heterocycles. The van der Waals surface area contributed by atoms with Crippen molar-refractivity contribution in [1.29, 1.82) is 0 Å². The van der Waals surface area contributed by atoms with Gasteiger partial charge in [0.25, 0.3) is 0 Å². The van der Waals surface area contributed by atoms with Crippen LogP contribution in [0.2, 0.25) is 0 Å². The van der Waals surface area contributed by atoms with Crippen LogP contribution in [0.25, 0.3) is 11.1 Å². The third-order valence-corrected chi connectivity index (χ3v) is 10.9. The first-order valence-corrected chi connectivity index (χ1v) is 17.2. The van der Waals surface area contributed by atoms with Gasteiger partial charge in [-0.05, 0) is 55.4 Å². The van der Waals surface area contributed by atoms with Crippen molar-refractivity contribution in [2.24, 2.45) is 0 Å². The third-order valence-electron chi connectivity index (χ3n) is 8.49. The van der Waals surface area contributed by atoms with Crippen molar-refractivity contribution in [3.63, 3.8) is 0 Å². The molecule has 6 rings (SSSR count). The van der Waals surface area contributed by atoms with Crippen LogP contribution in [0.4, 0.5) is 0 Å². The maximum Gasteiger partial charge on any atom is 0.302 e. The van der Waals surface area contributed by atoms with Gasteiger partial charge in [-0.25, -0.2) is 0 Å². The lowest BCUT2D eigenvalue weighted by Gasteiger charge is -2.30. The Morgan fingerprint density at radius 3 is 2.57 bits per heavy atom. The first-order valence-electron chi connectivity index (χ1n) is 14.8. The number of hydrogen-bond acceptors (Lipinski definition) is 11. The largest absolute Gasteiger partial charge is 0.508 e. The lowest BCUT2D eigenvalue weighted by Crippen LogP contribution is -2.37. The molecule has 11 heteroatoms. The van der Waals surface area contributed by atoms with Gasteiger partial charge in [0.05, 0.1) is 13.0 Å². The van der Waals surface area contributed by atoms with E-state index in [0.717, 1.165) is 56.9 Å². The van der Waals surface area contributed by atoms with Crippen LogP contribution in [0.5, 0.6) is 28.7 Å². The van der Waals surface area contributed by atoms with E-state index in [1.54, 1.807) is 40.8 Å². The first-order chi connectivity index (χ1) is 21.3. The normalized spacial score (nSPS) is 19.8. The number of likely N-dealkylation sites (N-methyl/N-ethyl adjacent to an activating group) is 2. The number of fused-ring (bicyclic) bond motifs is 5. The number of carbonyl (C=O) groups excluding carboxylic acids is 1. The van der Waals surface area contributed by atoms with Gasteiger partial charge in [0.15, 0.2) is 11.5 Å². The minimum atomic E-state index is -0.465. The number of esters is 1. The molecule has 0 spiro atoms. The summed E-state index contributed by atoms with van der Waals surface area (Å²) in [4.78, 5) is 12.0. The highest BCUT2D eigenvalue weighted by molar-refractivity contribution is 8.76. The van der Waals surface area contributed by atoms with Gasteiger partial charge in [0.1, 0.15) is 36.1 Å². The van der Waals surface area contributed by atoms with Gasteiger partial charge in [-0.2, -0.15) is 0 Å². The summed E-state index contributed by atoms with van der Waals surface area (Å²) in [6.45, 7) is 2.77. The molecular weight excluding hydrogens is 601 g/mol. The monoisotopic (exact) mass is 638 g/mol. The minimum absolute atomic E-state index is 0.0783. The van der Waals surface area contributed by atoms with E-state index in [1.165, 1.54) is 6.92 Å². The summed E-state index contributed by atoms with van der Waals surface area (Å²) >= 11 is 0. The lowest BCUT2D eigenvalue weighted by atomic mass is 9.77. The Morgan fingerprint density at radius 2 is 1.84 bits per heavy atom. The topological polar surface area (TPSA) is 119 Å². The Hall–Kier alpha value is -3.25. The molecule has 4 N–H and O–H groups in total. The molecule has 2 bridgehead atoms. The van der Waals surface area contributed by atoms with Crippen molar-refractivity contribution in [2.75, 3.05) is 46.7 Å². The quantitative estimate of drug-likeness (QED) is 0.181. The second-order valence-corrected chi connectivity index (χ2v) is 13.9. The number of hydrogen-bond donors (Lipinski definition) is 4. The van der Waals surface area contributed by atoms with E-state index in [4.69, 9.17) is 18.9 Å². The van der Waals surface area contributed by atoms with E-state index < -0.39 is 6.10 Å². The van der Waals surface area contributed by atoms with Gasteiger partial charge >= 0.3 is 5.97 Å². The zero-order valence-corrected chi connectivity index (χ0v) is 26.9. The number of benzene rings is 3. The van der Waals surface area contributed by atoms with Crippen LogP contribution in [-0.2, 0) is 21.7 Å². The summed E-state index contributed by atoms with van der Waals surface area (Å²) in [5.41, 5.74) is 6.99. The van der Waals surface area contributed by atoms with E-state index >= 15 is 0 Å². The number of methoxy groups -OCH3 is 1. The molecule has 3 aromatic carbocycles. The number of carbonyl (C=O) groups is 1. The minimum Gasteiger partial charge on any atom is -0.508 e. The Labute approximate surface area is 265 Å². The Morgan fingerprint density at radius 1 is 1.05 bits per heavy atom. The number of ether oxygens (including phenoxy) is 4. The predicted molar refractivity (Wildman–Crippen MR) is 173 cm³/mol. The summed E-state index contributed by atoms with van der Waals surface area (Å²) in [7, 11) is 8.88. The first kappa shape index (κ1) is 30.8. The fraction of sp³-hybridized carbons (Fsp3) is 0.424. The van der Waals surface area contributed by atoms with Crippen LogP contribution in [-0.4, -0.2) is 68.9 Å². The van der Waals surface area contributed by atoms with Gasteiger partial charge in [-0.1, -0.05) is 33.7 Å². The lowest BCUT2D eigenvalue weighted by molar-refractivity contribution is -0.141. The maximum absolute atomic E-state index is 12.0. The number of nitrogens with one attached hydrogen (secondary N) is 2. The maximum atomic E-state index is 12.0. The van der Waals surface area contributed by atoms with Crippen LogP contribution in [0, 0.1) is 0 Å². The summed E-state index contributed by atoms with van der Waals surface area (Å²) < 4.78 is 24.7. The van der Waals surface area contributed by atoms with Crippen molar-refractivity contribution in [3.05, 3.63) is 64.2 Å². The van der Waals surface area contributed by atoms with Gasteiger partial charge in [0.2, 0.25) is 0 Å². The molecule has 0 amide bonds. The number of rotatable bonds is 9. The molecule has 2 heterocycles. The Kier molecular flexibility index (Phi) is 9.09. The molecule has 1 aliphatic carbocycles. The fourth-order valence-electron chi connectivity index (χ4n) is 6.63. The van der Waals surface area contributed by atoms with Crippen LogP contribution in [0.3, 0.4) is 0 Å². The van der Waals surface area contributed by atoms with E-state index in [1.807, 2.05) is 26.2 Å². The van der Waals surface area contributed by atoms with E-state index in [0.29, 0.717) is 30.3 Å². The molecule has 0 radical (unpaired) electrons. The number of aromatic hydroxyl groups is 2. The standard InChI is InChI=1S/C33H38N2O7S2/c1-17(36)40-14-26-23-5-6-24-30-18(8-21(37)10-29(30)39-4)7-20-16-44-43-15-19-9-27(38)28(41-22(12-34-2)13-35-3)11-25(19)32(26)42-33(23)31(20)24/h5-6,8-11,20,22,26,32,34-35,37-38H,7,12-16H2,1-4H3. The van der Waals surface area contributed by atoms with Crippen LogP contribution in [0.15, 0.2) is 36.4 Å². The molecule has 3 unspecified atom stereocenters. The average molecular weight is 639 g/mol. The van der Waals surface area contributed by atoms with Crippen molar-refractivity contribution in [3.8, 4) is 39.9 Å². The van der Waals surface area contributed by atoms with E-state index in [-0.39, 0.29) is 42.0 Å². The molecule has 0 aromatic heterocycles. The molecule has 0 fully saturated rings. The number of phenols is 2.